The summed E-state index contributed by atoms with van der Waals surface area (Å²) >= 11 is 3.99. The van der Waals surface area contributed by atoms with E-state index >= 15 is 0 Å². The molecule has 0 aliphatic carbocycles. The molecule has 1 amide bonds. The Morgan fingerprint density at radius 1 is 1.39 bits per heavy atom. The number of nitrogens with one attached hydrogen (secondary N) is 2. The van der Waals surface area contributed by atoms with E-state index < -0.39 is 30.5 Å². The topological polar surface area (TPSA) is 153 Å². The number of anilines is 1. The number of hydrogen-bond donors (Lipinski definition) is 5. The zero-order valence-corrected chi connectivity index (χ0v) is 16.9. The number of aromatic nitrogens is 2. The molecule has 0 bridgehead atoms. The molecule has 152 valence electrons. The van der Waals surface area contributed by atoms with Crippen LogP contribution in [0.1, 0.15) is 12.6 Å². The van der Waals surface area contributed by atoms with E-state index in [9.17, 15) is 24.6 Å². The summed E-state index contributed by atoms with van der Waals surface area (Å²) in [6.07, 6.45) is 0. The van der Waals surface area contributed by atoms with E-state index in [-0.39, 0.29) is 26.8 Å². The van der Waals surface area contributed by atoms with Gasteiger partial charge in [0.25, 0.3) is 0 Å². The van der Waals surface area contributed by atoms with E-state index in [4.69, 9.17) is 0 Å². The van der Waals surface area contributed by atoms with Gasteiger partial charge in [0.2, 0.25) is 11.7 Å². The standard InChI is InChI=1S/C15H17BrFN5O5S/c1-15(6-23,7-24)19-11(25)5-28-14-12(21-27-22-14)13(20-26)18-8-2-3-10(17)9(16)4-8/h2-4,23-24,26H,5-7H2,1H3,(H,18,20)(H,19,25). The summed E-state index contributed by atoms with van der Waals surface area (Å²) in [5.74, 6) is -1.19. The molecule has 0 aliphatic rings. The molecule has 0 atom stereocenters. The third-order valence-electron chi connectivity index (χ3n) is 3.44. The zero-order chi connectivity index (χ0) is 20.7. The lowest BCUT2D eigenvalue weighted by Gasteiger charge is -2.25. The second kappa shape index (κ2) is 9.82. The van der Waals surface area contributed by atoms with Gasteiger partial charge in [-0.25, -0.2) is 9.02 Å². The maximum absolute atomic E-state index is 13.3. The number of amides is 1. The Morgan fingerprint density at radius 2 is 2.11 bits per heavy atom. The molecule has 2 aromatic rings. The van der Waals surface area contributed by atoms with Crippen molar-refractivity contribution in [3.05, 3.63) is 34.2 Å². The van der Waals surface area contributed by atoms with Gasteiger partial charge in [0.05, 0.1) is 29.0 Å². The minimum Gasteiger partial charge on any atom is -0.409 e. The third-order valence-corrected chi connectivity index (χ3v) is 5.00. The van der Waals surface area contributed by atoms with Crippen molar-refractivity contribution in [2.45, 2.75) is 17.5 Å². The molecule has 1 aromatic carbocycles. The monoisotopic (exact) mass is 477 g/mol. The van der Waals surface area contributed by atoms with Crippen LogP contribution in [0, 0.1) is 5.82 Å². The lowest BCUT2D eigenvalue weighted by atomic mass is 10.1. The molecule has 5 N–H and O–H groups in total. The summed E-state index contributed by atoms with van der Waals surface area (Å²) in [7, 11) is 0. The molecule has 0 fully saturated rings. The van der Waals surface area contributed by atoms with E-state index in [0.717, 1.165) is 11.8 Å². The number of halogens is 2. The van der Waals surface area contributed by atoms with Crippen molar-refractivity contribution in [2.75, 3.05) is 24.3 Å². The van der Waals surface area contributed by atoms with Gasteiger partial charge in [-0.1, -0.05) is 16.9 Å². The molecule has 0 saturated carbocycles. The number of oxime groups is 1. The lowest BCUT2D eigenvalue weighted by Crippen LogP contribution is -2.52. The summed E-state index contributed by atoms with van der Waals surface area (Å²) in [6.45, 7) is 0.615. The van der Waals surface area contributed by atoms with Gasteiger partial charge in [0, 0.05) is 5.69 Å². The molecule has 2 rings (SSSR count). The van der Waals surface area contributed by atoms with Crippen molar-refractivity contribution in [3.8, 4) is 0 Å². The molecule has 0 unspecified atom stereocenters. The zero-order valence-electron chi connectivity index (χ0n) is 14.5. The van der Waals surface area contributed by atoms with Crippen LogP contribution in [-0.4, -0.2) is 62.0 Å². The number of rotatable bonds is 8. The Labute approximate surface area is 171 Å². The maximum Gasteiger partial charge on any atom is 0.231 e. The first-order chi connectivity index (χ1) is 13.3. The summed E-state index contributed by atoms with van der Waals surface area (Å²) < 4.78 is 18.2. The van der Waals surface area contributed by atoms with Crippen LogP contribution in [0.5, 0.6) is 0 Å². The van der Waals surface area contributed by atoms with Gasteiger partial charge in [-0.2, -0.15) is 0 Å². The van der Waals surface area contributed by atoms with E-state index in [1.807, 2.05) is 0 Å². The van der Waals surface area contributed by atoms with Crippen LogP contribution in [0.2, 0.25) is 0 Å². The largest absolute Gasteiger partial charge is 0.409 e. The van der Waals surface area contributed by atoms with Crippen molar-refractivity contribution in [1.82, 2.24) is 15.6 Å². The highest BCUT2D eigenvalue weighted by Crippen LogP contribution is 2.23. The fourth-order valence-electron chi connectivity index (χ4n) is 1.90. The Balaban J connectivity index is 2.07. The second-order valence-corrected chi connectivity index (χ2v) is 7.65. The van der Waals surface area contributed by atoms with Gasteiger partial charge < -0.3 is 26.1 Å². The van der Waals surface area contributed by atoms with Gasteiger partial charge in [0.1, 0.15) is 5.82 Å². The molecule has 13 heteroatoms. The molecule has 10 nitrogen and oxygen atoms in total. The van der Waals surface area contributed by atoms with E-state index in [1.54, 1.807) is 0 Å². The van der Waals surface area contributed by atoms with Crippen molar-refractivity contribution < 1.29 is 29.2 Å². The van der Waals surface area contributed by atoms with Crippen LogP contribution >= 0.6 is 27.7 Å². The van der Waals surface area contributed by atoms with Gasteiger partial charge in [-0.3, -0.25) is 4.79 Å². The number of carbonyl (C=O) groups is 1. The second-order valence-electron chi connectivity index (χ2n) is 5.83. The average molecular weight is 478 g/mol. The number of nitrogens with zero attached hydrogens (tertiary/aromatic N) is 3. The first-order valence-corrected chi connectivity index (χ1v) is 9.52. The van der Waals surface area contributed by atoms with Crippen molar-refractivity contribution in [1.29, 1.82) is 0 Å². The van der Waals surface area contributed by atoms with Gasteiger partial charge >= 0.3 is 0 Å². The first-order valence-electron chi connectivity index (χ1n) is 7.74. The molecule has 1 aromatic heterocycles. The molecular weight excluding hydrogens is 461 g/mol. The normalized spacial score (nSPS) is 12.1. The summed E-state index contributed by atoms with van der Waals surface area (Å²) in [4.78, 5) is 12.0. The quantitative estimate of drug-likeness (QED) is 0.124. The van der Waals surface area contributed by atoms with E-state index in [1.165, 1.54) is 25.1 Å². The molecule has 0 aliphatic heterocycles. The fraction of sp³-hybridized carbons (Fsp3) is 0.333. The predicted molar refractivity (Wildman–Crippen MR) is 102 cm³/mol. The number of aliphatic hydroxyl groups excluding tert-OH is 2. The SMILES string of the molecule is CC(CO)(CO)NC(=O)CSc1nonc1/C(=N\O)Nc1ccc(F)c(Br)c1. The smallest absolute Gasteiger partial charge is 0.231 e. The molecule has 1 heterocycles. The minimum atomic E-state index is -1.15. The van der Waals surface area contributed by atoms with Crippen molar-refractivity contribution in [2.24, 2.45) is 5.16 Å². The summed E-state index contributed by atoms with van der Waals surface area (Å²) in [6, 6.07) is 4.06. The van der Waals surface area contributed by atoms with E-state index in [2.05, 4.69) is 46.7 Å². The maximum atomic E-state index is 13.3. The Kier molecular flexibility index (Phi) is 7.74. The van der Waals surface area contributed by atoms with Crippen LogP contribution in [0.3, 0.4) is 0 Å². The van der Waals surface area contributed by atoms with Crippen molar-refractivity contribution >= 4 is 45.1 Å². The van der Waals surface area contributed by atoms with Crippen LogP contribution in [0.4, 0.5) is 10.1 Å². The highest BCUT2D eigenvalue weighted by atomic mass is 79.9. The number of hydrogen-bond acceptors (Lipinski definition) is 9. The molecule has 0 spiro atoms. The number of thioether (sulfide) groups is 1. The van der Waals surface area contributed by atoms with Gasteiger partial charge in [0.15, 0.2) is 10.7 Å². The first kappa shape index (κ1) is 22.1. The molecular formula is C15H17BrFN5O5S. The molecule has 28 heavy (non-hydrogen) atoms. The number of benzene rings is 1. The molecule has 0 saturated heterocycles. The Hall–Kier alpha value is -2.22. The van der Waals surface area contributed by atoms with Gasteiger partial charge in [-0.15, -0.1) is 0 Å². The van der Waals surface area contributed by atoms with Crippen LogP contribution < -0.4 is 10.6 Å². The predicted octanol–water partition coefficient (Wildman–Crippen LogP) is 1.17. The van der Waals surface area contributed by atoms with Gasteiger partial charge in [-0.05, 0) is 51.4 Å². The van der Waals surface area contributed by atoms with Crippen LogP contribution in [-0.2, 0) is 4.79 Å². The number of carbonyl (C=O) groups excluding carboxylic acids is 1. The average Bonchev–Trinajstić information content (AvgIpc) is 3.15. The summed E-state index contributed by atoms with van der Waals surface area (Å²) in [5, 5.41) is 43.5. The van der Waals surface area contributed by atoms with Crippen LogP contribution in [0.15, 0.2) is 37.5 Å². The Bertz CT molecular complexity index is 861. The van der Waals surface area contributed by atoms with E-state index in [0.29, 0.717) is 5.69 Å². The number of aliphatic hydroxyl groups is 2. The third kappa shape index (κ3) is 5.64. The Morgan fingerprint density at radius 3 is 2.71 bits per heavy atom. The van der Waals surface area contributed by atoms with Crippen molar-refractivity contribution in [3.63, 3.8) is 0 Å². The lowest BCUT2D eigenvalue weighted by molar-refractivity contribution is -0.121. The van der Waals surface area contributed by atoms with Crippen LogP contribution in [0.25, 0.3) is 0 Å². The molecule has 0 radical (unpaired) electrons. The number of amidine groups is 1. The highest BCUT2D eigenvalue weighted by Gasteiger charge is 2.25. The fourth-order valence-corrected chi connectivity index (χ4v) is 2.97. The minimum absolute atomic E-state index is 0.0350. The summed E-state index contributed by atoms with van der Waals surface area (Å²) in [5.41, 5.74) is -0.718. The highest BCUT2D eigenvalue weighted by molar-refractivity contribution is 9.10.